The molecule has 4 heteroatoms. The molecule has 0 aromatic rings. The van der Waals surface area contributed by atoms with Gasteiger partial charge in [-0.2, -0.15) is 0 Å². The molecule has 0 bridgehead atoms. The van der Waals surface area contributed by atoms with Gasteiger partial charge >= 0.3 is 0 Å². The van der Waals surface area contributed by atoms with Crippen LogP contribution in [0, 0.1) is 6.92 Å². The zero-order chi connectivity index (χ0) is 20.1. The van der Waals surface area contributed by atoms with Crippen LogP contribution in [0.5, 0.6) is 0 Å². The molecule has 1 rings (SSSR count). The average Bonchev–Trinajstić information content (AvgIpc) is 2.70. The van der Waals surface area contributed by atoms with Gasteiger partial charge in [0, 0.05) is 26.2 Å². The van der Waals surface area contributed by atoms with Gasteiger partial charge in [0.05, 0.1) is 19.3 Å². The van der Waals surface area contributed by atoms with Gasteiger partial charge in [0.15, 0.2) is 0 Å². The predicted octanol–water partition coefficient (Wildman–Crippen LogP) is 6.29. The first-order valence-electron chi connectivity index (χ1n) is 12.0. The summed E-state index contributed by atoms with van der Waals surface area (Å²) in [5.74, 6) is 0. The van der Waals surface area contributed by atoms with Crippen LogP contribution in [0.3, 0.4) is 0 Å². The Morgan fingerprint density at radius 1 is 0.679 bits per heavy atom. The summed E-state index contributed by atoms with van der Waals surface area (Å²) in [6.45, 7) is 6.72. The summed E-state index contributed by atoms with van der Waals surface area (Å²) < 4.78 is 17.0. The van der Waals surface area contributed by atoms with E-state index in [-0.39, 0.29) is 6.10 Å². The van der Waals surface area contributed by atoms with Gasteiger partial charge in [-0.1, -0.05) is 90.4 Å². The van der Waals surface area contributed by atoms with Gasteiger partial charge in [0.1, 0.15) is 6.10 Å². The highest BCUT2D eigenvalue weighted by Crippen LogP contribution is 2.13. The molecular weight excluding hydrogens is 352 g/mol. The summed E-state index contributed by atoms with van der Waals surface area (Å²) in [7, 11) is 0. The molecule has 0 spiro atoms. The largest absolute Gasteiger partial charge is 0.379 e. The minimum Gasteiger partial charge on any atom is -0.379 e. The molecule has 1 saturated heterocycles. The van der Waals surface area contributed by atoms with Gasteiger partial charge in [-0.15, -0.1) is 0 Å². The van der Waals surface area contributed by atoms with Crippen molar-refractivity contribution in [3.05, 3.63) is 6.92 Å². The first-order valence-corrected chi connectivity index (χ1v) is 12.0. The van der Waals surface area contributed by atoms with E-state index in [9.17, 15) is 5.11 Å². The van der Waals surface area contributed by atoms with Crippen LogP contribution in [0.2, 0.25) is 0 Å². The molecule has 4 nitrogen and oxygen atoms in total. The lowest BCUT2D eigenvalue weighted by Crippen LogP contribution is -2.27. The third kappa shape index (κ3) is 16.8. The molecule has 1 fully saturated rings. The van der Waals surface area contributed by atoms with Crippen LogP contribution >= 0.6 is 0 Å². The Balaban J connectivity index is 1.82. The average molecular weight is 399 g/mol. The summed E-state index contributed by atoms with van der Waals surface area (Å²) in [6, 6.07) is 0. The Hall–Kier alpha value is -0.160. The maximum absolute atomic E-state index is 11.5. The molecule has 0 aromatic carbocycles. The van der Waals surface area contributed by atoms with E-state index in [1.807, 2.05) is 0 Å². The molecule has 1 aliphatic heterocycles. The van der Waals surface area contributed by atoms with E-state index in [0.717, 1.165) is 25.9 Å². The molecule has 2 unspecified atom stereocenters. The maximum atomic E-state index is 11.5. The van der Waals surface area contributed by atoms with E-state index in [4.69, 9.17) is 14.2 Å². The summed E-state index contributed by atoms with van der Waals surface area (Å²) in [5, 5.41) is 11.5. The summed E-state index contributed by atoms with van der Waals surface area (Å²) in [6.07, 6.45) is 19.5. The second kappa shape index (κ2) is 20.1. The fourth-order valence-electron chi connectivity index (χ4n) is 3.63. The van der Waals surface area contributed by atoms with Gasteiger partial charge in [-0.25, -0.2) is 5.11 Å². The monoisotopic (exact) mass is 398 g/mol. The van der Waals surface area contributed by atoms with E-state index >= 15 is 0 Å². The van der Waals surface area contributed by atoms with Gasteiger partial charge in [0.2, 0.25) is 0 Å². The second-order valence-electron chi connectivity index (χ2n) is 8.29. The Morgan fingerprint density at radius 3 is 1.79 bits per heavy atom. The minimum atomic E-state index is -0.647. The van der Waals surface area contributed by atoms with Crippen LogP contribution in [-0.2, 0) is 19.3 Å². The van der Waals surface area contributed by atoms with Crippen LogP contribution in [0.1, 0.15) is 103 Å². The summed E-state index contributed by atoms with van der Waals surface area (Å²) >= 11 is 0. The molecule has 2 radical (unpaired) electrons. The van der Waals surface area contributed by atoms with Crippen molar-refractivity contribution in [3.63, 3.8) is 0 Å². The van der Waals surface area contributed by atoms with Crippen molar-refractivity contribution in [2.75, 3.05) is 33.0 Å². The smallest absolute Gasteiger partial charge is 0.118 e. The van der Waals surface area contributed by atoms with Crippen LogP contribution in [-0.4, -0.2) is 45.2 Å². The van der Waals surface area contributed by atoms with Gasteiger partial charge < -0.3 is 14.2 Å². The Kier molecular flexibility index (Phi) is 18.6. The molecule has 0 aromatic heterocycles. The zero-order valence-corrected chi connectivity index (χ0v) is 18.3. The standard InChI is InChI=1S/C24H46O4/c1-2-3-4-5-6-7-8-9-10-11-12-13-14-15-18-28-24-17-20-26-21-23(25)16-19-27-22-24/h23-24H,1-22H2. The van der Waals surface area contributed by atoms with Gasteiger partial charge in [-0.3, -0.25) is 0 Å². The first-order chi connectivity index (χ1) is 13.8. The molecule has 2 atom stereocenters. The van der Waals surface area contributed by atoms with Crippen molar-refractivity contribution in [2.45, 2.75) is 115 Å². The van der Waals surface area contributed by atoms with Crippen LogP contribution in [0.25, 0.3) is 0 Å². The van der Waals surface area contributed by atoms with Crippen molar-refractivity contribution in [2.24, 2.45) is 0 Å². The third-order valence-corrected chi connectivity index (χ3v) is 5.52. The van der Waals surface area contributed by atoms with Gasteiger partial charge in [0.25, 0.3) is 0 Å². The van der Waals surface area contributed by atoms with Gasteiger partial charge in [-0.05, 0) is 12.8 Å². The van der Waals surface area contributed by atoms with Crippen molar-refractivity contribution in [1.82, 2.24) is 0 Å². The number of ether oxygens (including phenoxy) is 3. The summed E-state index contributed by atoms with van der Waals surface area (Å²) in [5.41, 5.74) is 0. The van der Waals surface area contributed by atoms with Crippen molar-refractivity contribution >= 4 is 0 Å². The van der Waals surface area contributed by atoms with E-state index in [1.165, 1.54) is 77.0 Å². The lowest BCUT2D eigenvalue weighted by molar-refractivity contribution is -0.0738. The quantitative estimate of drug-likeness (QED) is 0.287. The van der Waals surface area contributed by atoms with Crippen molar-refractivity contribution in [1.29, 1.82) is 0 Å². The number of hydrogen-bond donors (Lipinski definition) is 0. The number of rotatable bonds is 16. The fraction of sp³-hybridized carbons (Fsp3) is 0.958. The number of unbranched alkanes of at least 4 members (excludes halogenated alkanes) is 13. The van der Waals surface area contributed by atoms with Crippen molar-refractivity contribution in [3.8, 4) is 0 Å². The molecule has 0 N–H and O–H groups in total. The summed E-state index contributed by atoms with van der Waals surface area (Å²) in [4.78, 5) is 0. The molecular formula is C24H46O4. The Labute approximate surface area is 174 Å². The zero-order valence-electron chi connectivity index (χ0n) is 18.3. The van der Waals surface area contributed by atoms with E-state index in [0.29, 0.717) is 32.8 Å². The Morgan fingerprint density at radius 2 is 1.18 bits per heavy atom. The van der Waals surface area contributed by atoms with Crippen LogP contribution < -0.4 is 0 Å². The maximum Gasteiger partial charge on any atom is 0.118 e. The molecule has 0 aliphatic carbocycles. The SMILES string of the molecule is [CH2]CCCCCCCCCCCCCCCOC1CCOCC([O])CCOC1. The van der Waals surface area contributed by atoms with E-state index in [1.54, 1.807) is 0 Å². The fourth-order valence-corrected chi connectivity index (χ4v) is 3.63. The highest BCUT2D eigenvalue weighted by molar-refractivity contribution is 4.61. The Bertz CT molecular complexity index is 299. The van der Waals surface area contributed by atoms with Crippen LogP contribution in [0.15, 0.2) is 0 Å². The highest BCUT2D eigenvalue weighted by Gasteiger charge is 2.14. The lowest BCUT2D eigenvalue weighted by atomic mass is 10.0. The van der Waals surface area contributed by atoms with E-state index in [2.05, 4.69) is 6.92 Å². The molecule has 1 aliphatic rings. The molecule has 166 valence electrons. The third-order valence-electron chi connectivity index (χ3n) is 5.52. The normalized spacial score (nSPS) is 21.6. The molecule has 0 saturated carbocycles. The second-order valence-corrected chi connectivity index (χ2v) is 8.29. The minimum absolute atomic E-state index is 0.113. The van der Waals surface area contributed by atoms with Crippen molar-refractivity contribution < 1.29 is 19.3 Å². The molecule has 1 heterocycles. The molecule has 28 heavy (non-hydrogen) atoms. The first kappa shape index (κ1) is 25.9. The van der Waals surface area contributed by atoms with E-state index < -0.39 is 6.10 Å². The predicted molar refractivity (Wildman–Crippen MR) is 115 cm³/mol. The topological polar surface area (TPSA) is 47.6 Å². The lowest BCUT2D eigenvalue weighted by Gasteiger charge is -2.20. The highest BCUT2D eigenvalue weighted by atomic mass is 16.5. The van der Waals surface area contributed by atoms with Crippen LogP contribution in [0.4, 0.5) is 0 Å². The number of hydrogen-bond acceptors (Lipinski definition) is 3. The molecule has 0 amide bonds.